The third kappa shape index (κ3) is 4.30. The quantitative estimate of drug-likeness (QED) is 0.322. The summed E-state index contributed by atoms with van der Waals surface area (Å²) in [6, 6.07) is 4.33. The molecule has 1 aromatic carbocycles. The first-order valence-electron chi connectivity index (χ1n) is 12.8. The van der Waals surface area contributed by atoms with E-state index in [4.69, 9.17) is 0 Å². The van der Waals surface area contributed by atoms with Crippen LogP contribution in [0, 0.1) is 55.3 Å². The number of aromatic hydroxyl groups is 1. The van der Waals surface area contributed by atoms with Crippen molar-refractivity contribution in [3.05, 3.63) is 23.3 Å². The van der Waals surface area contributed by atoms with Crippen molar-refractivity contribution in [1.82, 2.24) is 0 Å². The van der Waals surface area contributed by atoms with E-state index in [0.717, 1.165) is 23.5 Å². The zero-order valence-electron chi connectivity index (χ0n) is 20.0. The molecular weight excluding hydrogens is 478 g/mol. The van der Waals surface area contributed by atoms with E-state index in [1.165, 1.54) is 48.5 Å². The summed E-state index contributed by atoms with van der Waals surface area (Å²) in [4.78, 5) is 1.45. The van der Waals surface area contributed by atoms with Crippen molar-refractivity contribution in [1.29, 1.82) is 0 Å². The smallest absolute Gasteiger partial charge is 0.334 e. The fraction of sp³-hybridized carbons (Fsp3) is 0.769. The van der Waals surface area contributed by atoms with Gasteiger partial charge in [-0.2, -0.15) is 8.78 Å². The van der Waals surface area contributed by atoms with Gasteiger partial charge in [-0.05, 0) is 123 Å². The molecule has 1 heterocycles. The predicted octanol–water partition coefficient (Wildman–Crippen LogP) is 5.61. The van der Waals surface area contributed by atoms with Crippen LogP contribution in [0.1, 0.15) is 62.5 Å². The first kappa shape index (κ1) is 24.8. The average molecular weight is 515 g/mol. The van der Waals surface area contributed by atoms with Crippen LogP contribution in [0.5, 0.6) is 5.75 Å². The van der Waals surface area contributed by atoms with Gasteiger partial charge in [-0.25, -0.2) is 8.42 Å². The molecule has 1 saturated heterocycles. The van der Waals surface area contributed by atoms with Crippen molar-refractivity contribution >= 4 is 21.0 Å². The predicted molar refractivity (Wildman–Crippen MR) is 129 cm³/mol. The third-order valence-electron chi connectivity index (χ3n) is 9.57. The molecule has 5 fully saturated rings. The maximum Gasteiger partial charge on any atom is 0.334 e. The van der Waals surface area contributed by atoms with E-state index in [1.54, 1.807) is 0 Å². The number of aryl methyl sites for hydroxylation is 2. The van der Waals surface area contributed by atoms with Gasteiger partial charge < -0.3 is 9.66 Å². The van der Waals surface area contributed by atoms with Gasteiger partial charge in [0.25, 0.3) is 0 Å². The Morgan fingerprint density at radius 1 is 1.00 bits per heavy atom. The van der Waals surface area contributed by atoms with E-state index in [1.807, 2.05) is 13.8 Å². The Bertz CT molecular complexity index is 1010. The number of hydrogen-bond donors (Lipinski definition) is 1. The second kappa shape index (κ2) is 8.91. The summed E-state index contributed by atoms with van der Waals surface area (Å²) in [5, 5.41) is 5.59. The van der Waals surface area contributed by atoms with Crippen LogP contribution in [0.2, 0.25) is 0 Å². The zero-order valence-corrected chi connectivity index (χ0v) is 21.6. The molecule has 8 heteroatoms. The van der Waals surface area contributed by atoms with Crippen LogP contribution in [-0.2, 0) is 21.0 Å². The minimum absolute atomic E-state index is 0.243. The lowest BCUT2D eigenvalue weighted by atomic mass is 9.67. The first-order chi connectivity index (χ1) is 16.0. The molecule has 4 aliphatic carbocycles. The lowest BCUT2D eigenvalue weighted by Gasteiger charge is -2.39. The average Bonchev–Trinajstić information content (AvgIpc) is 3.56. The summed E-state index contributed by atoms with van der Waals surface area (Å²) in [7, 11) is -5.05. The summed E-state index contributed by atoms with van der Waals surface area (Å²) in [6.45, 7) is 3.98. The molecule has 5 aliphatic rings. The Morgan fingerprint density at radius 2 is 1.59 bits per heavy atom. The Hall–Kier alpha value is -0.860. The fourth-order valence-electron chi connectivity index (χ4n) is 8.32. The van der Waals surface area contributed by atoms with Crippen molar-refractivity contribution in [2.45, 2.75) is 75.4 Å². The summed E-state index contributed by atoms with van der Waals surface area (Å²) in [6.07, 6.45) is 7.47. The van der Waals surface area contributed by atoms with Crippen LogP contribution in [-0.4, -0.2) is 34.8 Å². The van der Waals surface area contributed by atoms with Crippen LogP contribution in [0.15, 0.2) is 17.0 Å². The SMILES string of the molecule is Cc1cc([S+]2CCCC2)cc(C)c1O.O=S(=O)([O-])C(F)(F)CC1CC2CC1C1C3CCC(C3)C21. The highest BCUT2D eigenvalue weighted by molar-refractivity contribution is 7.97. The number of benzene rings is 1. The number of hydrogen-bond acceptors (Lipinski definition) is 4. The van der Waals surface area contributed by atoms with E-state index in [-0.39, 0.29) is 11.8 Å². The van der Waals surface area contributed by atoms with Gasteiger partial charge in [0, 0.05) is 17.3 Å². The van der Waals surface area contributed by atoms with E-state index in [9.17, 15) is 26.9 Å². The summed E-state index contributed by atoms with van der Waals surface area (Å²) in [5.41, 5.74) is 2.05. The lowest BCUT2D eigenvalue weighted by Crippen LogP contribution is -2.37. The molecule has 0 radical (unpaired) electrons. The Labute approximate surface area is 205 Å². The Morgan fingerprint density at radius 3 is 2.18 bits per heavy atom. The van der Waals surface area contributed by atoms with Gasteiger partial charge in [0.1, 0.15) is 17.3 Å². The fourth-order valence-corrected chi connectivity index (χ4v) is 11.2. The van der Waals surface area contributed by atoms with Crippen molar-refractivity contribution in [3.8, 4) is 5.75 Å². The van der Waals surface area contributed by atoms with Gasteiger partial charge in [0.05, 0.1) is 0 Å². The van der Waals surface area contributed by atoms with E-state index >= 15 is 0 Å². The number of phenolic OH excluding ortho intramolecular Hbond substituents is 1. The molecule has 1 aromatic rings. The number of fused-ring (bicyclic) bond motifs is 9. The molecule has 0 amide bonds. The summed E-state index contributed by atoms with van der Waals surface area (Å²) < 4.78 is 59.2. The van der Waals surface area contributed by atoms with Gasteiger partial charge in [-0.3, -0.25) is 0 Å². The van der Waals surface area contributed by atoms with Crippen LogP contribution in [0.25, 0.3) is 0 Å². The normalized spacial score (nSPS) is 36.6. The van der Waals surface area contributed by atoms with Gasteiger partial charge in [-0.15, -0.1) is 0 Å². The highest BCUT2D eigenvalue weighted by Gasteiger charge is 2.63. The summed E-state index contributed by atoms with van der Waals surface area (Å²) in [5.74, 6) is 6.40. The molecule has 0 aromatic heterocycles. The molecule has 4 saturated carbocycles. The molecule has 6 rings (SSSR count). The van der Waals surface area contributed by atoms with E-state index < -0.39 is 21.8 Å². The van der Waals surface area contributed by atoms with Gasteiger partial charge >= 0.3 is 5.25 Å². The van der Waals surface area contributed by atoms with Gasteiger partial charge in [-0.1, -0.05) is 0 Å². The Kier molecular flexibility index (Phi) is 6.50. The summed E-state index contributed by atoms with van der Waals surface area (Å²) >= 11 is 0. The molecule has 190 valence electrons. The second-order valence-electron chi connectivity index (χ2n) is 11.5. The largest absolute Gasteiger partial charge is 0.743 e. The van der Waals surface area contributed by atoms with Gasteiger partial charge in [0.15, 0.2) is 15.0 Å². The molecule has 1 aliphatic heterocycles. The van der Waals surface area contributed by atoms with Crippen LogP contribution in [0.3, 0.4) is 0 Å². The molecule has 4 nitrogen and oxygen atoms in total. The van der Waals surface area contributed by atoms with Crippen LogP contribution < -0.4 is 0 Å². The molecule has 0 spiro atoms. The van der Waals surface area contributed by atoms with Gasteiger partial charge in [0.2, 0.25) is 0 Å². The monoisotopic (exact) mass is 514 g/mol. The number of phenols is 1. The highest BCUT2D eigenvalue weighted by Crippen LogP contribution is 2.69. The van der Waals surface area contributed by atoms with Crippen LogP contribution in [0.4, 0.5) is 8.78 Å². The Balaban J connectivity index is 0.000000152. The zero-order chi connectivity index (χ0) is 24.4. The first-order valence-corrected chi connectivity index (χ1v) is 15.7. The maximum absolute atomic E-state index is 13.5. The molecule has 4 bridgehead atoms. The van der Waals surface area contributed by atoms with Crippen molar-refractivity contribution in [3.63, 3.8) is 0 Å². The molecular formula is C26H36F2O4S2. The standard InChI is InChI=1S/C14H20F2O3S.C12H16OS/c15-14(16,20(17,18)19)6-10-4-9-5-11(10)13-8-2-1-7(3-8)12(9)13;1-9-7-11(8-10(2)12(9)13)14-5-3-4-6-14/h7-13H,1-6H2,(H,17,18,19);7-8H,3-6H2,1-2H3. The molecule has 1 N–H and O–H groups in total. The van der Waals surface area contributed by atoms with E-state index in [0.29, 0.717) is 46.7 Å². The number of rotatable bonds is 4. The van der Waals surface area contributed by atoms with Crippen molar-refractivity contribution in [2.24, 2.45) is 41.4 Å². The molecule has 34 heavy (non-hydrogen) atoms. The number of alkyl halides is 2. The number of halogens is 2. The van der Waals surface area contributed by atoms with Crippen molar-refractivity contribution in [2.75, 3.05) is 11.5 Å². The minimum atomic E-state index is -5.52. The maximum atomic E-state index is 13.5. The van der Waals surface area contributed by atoms with E-state index in [2.05, 4.69) is 12.1 Å². The minimum Gasteiger partial charge on any atom is -0.743 e. The van der Waals surface area contributed by atoms with Crippen molar-refractivity contribution < 1.29 is 26.9 Å². The topological polar surface area (TPSA) is 77.4 Å². The third-order valence-corrected chi connectivity index (χ3v) is 12.9. The van der Waals surface area contributed by atoms with Crippen LogP contribution >= 0.6 is 0 Å². The second-order valence-corrected chi connectivity index (χ2v) is 15.2. The lowest BCUT2D eigenvalue weighted by molar-refractivity contribution is 0.0178. The molecule has 7 atom stereocenters. The molecule has 7 unspecified atom stereocenters. The highest BCUT2D eigenvalue weighted by atomic mass is 32.2.